The number of aryl methyl sites for hydroxylation is 1. The van der Waals surface area contributed by atoms with E-state index in [2.05, 4.69) is 32.0 Å². The minimum Gasteiger partial charge on any atom is -0.469 e. The van der Waals surface area contributed by atoms with Crippen molar-refractivity contribution in [3.8, 4) is 0 Å². The highest BCUT2D eigenvalue weighted by Gasteiger charge is 2.21. The van der Waals surface area contributed by atoms with Crippen LogP contribution in [-0.2, 0) is 16.1 Å². The van der Waals surface area contributed by atoms with Crippen LogP contribution in [0.4, 0.5) is 8.78 Å². The van der Waals surface area contributed by atoms with E-state index in [9.17, 15) is 23.2 Å². The van der Waals surface area contributed by atoms with Crippen LogP contribution in [0.5, 0.6) is 0 Å². The van der Waals surface area contributed by atoms with Gasteiger partial charge >= 0.3 is 5.97 Å². The van der Waals surface area contributed by atoms with Gasteiger partial charge in [0.25, 0.3) is 11.8 Å². The number of allylic oxidation sites excluding steroid dienone is 3. The summed E-state index contributed by atoms with van der Waals surface area (Å²) in [7, 11) is 1.32. The largest absolute Gasteiger partial charge is 0.469 e. The van der Waals surface area contributed by atoms with Gasteiger partial charge in [0.15, 0.2) is 11.5 Å². The fourth-order valence-corrected chi connectivity index (χ4v) is 3.72. The average molecular weight is 582 g/mol. The quantitative estimate of drug-likeness (QED) is 0.219. The van der Waals surface area contributed by atoms with Crippen molar-refractivity contribution in [2.24, 2.45) is 0 Å². The Morgan fingerprint density at radius 3 is 2.52 bits per heavy atom. The third-order valence-corrected chi connectivity index (χ3v) is 5.81. The number of benzene rings is 1. The smallest absolute Gasteiger partial charge is 0.309 e. The fourth-order valence-electron chi connectivity index (χ4n) is 3.72. The number of amides is 2. The number of aromatic nitrogens is 3. The summed E-state index contributed by atoms with van der Waals surface area (Å²) in [5.74, 6) is -2.69. The zero-order valence-corrected chi connectivity index (χ0v) is 24.3. The number of fused-ring (bicyclic) bond motifs is 1. The van der Waals surface area contributed by atoms with Gasteiger partial charge in [-0.25, -0.2) is 18.3 Å². The van der Waals surface area contributed by atoms with Crippen molar-refractivity contribution in [1.82, 2.24) is 25.2 Å². The predicted octanol–water partition coefficient (Wildman–Crippen LogP) is 5.40. The summed E-state index contributed by atoms with van der Waals surface area (Å²) < 4.78 is 33.6. The summed E-state index contributed by atoms with van der Waals surface area (Å²) in [6.45, 7) is 8.91. The molecule has 0 aliphatic carbocycles. The zero-order valence-electron chi connectivity index (χ0n) is 24.3. The van der Waals surface area contributed by atoms with E-state index in [0.717, 1.165) is 17.1 Å². The van der Waals surface area contributed by atoms with Crippen LogP contribution in [0.25, 0.3) is 5.65 Å². The number of hydrogen-bond acceptors (Lipinski definition) is 6. The van der Waals surface area contributed by atoms with E-state index < -0.39 is 17.6 Å². The van der Waals surface area contributed by atoms with E-state index in [1.54, 1.807) is 31.2 Å². The van der Waals surface area contributed by atoms with Crippen LogP contribution in [0.3, 0.4) is 0 Å². The second kappa shape index (κ2) is 17.2. The molecular formula is C31H37F2N5O4. The number of esters is 1. The summed E-state index contributed by atoms with van der Waals surface area (Å²) in [5.41, 5.74) is 0.604. The third kappa shape index (κ3) is 10.1. The van der Waals surface area contributed by atoms with Crippen LogP contribution in [0.15, 0.2) is 67.4 Å². The molecule has 1 aromatic carbocycles. The Labute approximate surface area is 244 Å². The molecule has 0 saturated carbocycles. The molecule has 3 aromatic rings. The van der Waals surface area contributed by atoms with E-state index >= 15 is 0 Å². The van der Waals surface area contributed by atoms with Crippen LogP contribution in [0.1, 0.15) is 71.6 Å². The van der Waals surface area contributed by atoms with Crippen molar-refractivity contribution < 1.29 is 27.9 Å². The fraction of sp³-hybridized carbons (Fsp3) is 0.323. The second-order valence-electron chi connectivity index (χ2n) is 9.17. The lowest BCUT2D eigenvalue weighted by Gasteiger charge is -2.15. The number of nitrogens with zero attached hydrogens (tertiary/aromatic N) is 3. The van der Waals surface area contributed by atoms with Gasteiger partial charge in [0.1, 0.15) is 17.2 Å². The molecule has 1 atom stereocenters. The van der Waals surface area contributed by atoms with Gasteiger partial charge in [0, 0.05) is 18.7 Å². The van der Waals surface area contributed by atoms with Crippen LogP contribution < -0.4 is 10.6 Å². The molecule has 3 rings (SSSR count). The maximum atomic E-state index is 14.4. The van der Waals surface area contributed by atoms with Crippen molar-refractivity contribution in [3.63, 3.8) is 0 Å². The van der Waals surface area contributed by atoms with Gasteiger partial charge in [-0.3, -0.25) is 14.4 Å². The number of carbonyl (C=O) groups is 3. The molecule has 9 nitrogen and oxygen atoms in total. The minimum atomic E-state index is -0.786. The van der Waals surface area contributed by atoms with Gasteiger partial charge in [-0.2, -0.15) is 5.10 Å². The van der Waals surface area contributed by atoms with E-state index in [0.29, 0.717) is 24.0 Å². The summed E-state index contributed by atoms with van der Waals surface area (Å²) in [6.07, 6.45) is 12.0. The van der Waals surface area contributed by atoms with Gasteiger partial charge in [-0.05, 0) is 50.3 Å². The lowest BCUT2D eigenvalue weighted by atomic mass is 10.1. The Bertz CT molecular complexity index is 1450. The molecule has 0 spiro atoms. The lowest BCUT2D eigenvalue weighted by molar-refractivity contribution is -0.139. The first-order chi connectivity index (χ1) is 20.1. The van der Waals surface area contributed by atoms with E-state index in [4.69, 9.17) is 0 Å². The van der Waals surface area contributed by atoms with E-state index in [1.807, 2.05) is 32.1 Å². The number of halogens is 2. The number of hydrogen-bond donors (Lipinski definition) is 2. The van der Waals surface area contributed by atoms with E-state index in [-0.39, 0.29) is 47.8 Å². The molecule has 2 N–H and O–H groups in total. The molecule has 0 radical (unpaired) electrons. The van der Waals surface area contributed by atoms with Gasteiger partial charge in [-0.15, -0.1) is 6.58 Å². The number of rotatable bonds is 12. The number of carbonyl (C=O) groups excluding carboxylic acids is 3. The molecule has 0 bridgehead atoms. The Hall–Kier alpha value is -4.67. The van der Waals surface area contributed by atoms with E-state index in [1.165, 1.54) is 19.2 Å². The highest BCUT2D eigenvalue weighted by Crippen LogP contribution is 2.14. The first kappa shape index (κ1) is 33.5. The summed E-state index contributed by atoms with van der Waals surface area (Å²) in [4.78, 5) is 41.5. The lowest BCUT2D eigenvalue weighted by Crippen LogP contribution is -2.35. The molecule has 0 aliphatic rings. The van der Waals surface area contributed by atoms with Gasteiger partial charge < -0.3 is 15.4 Å². The Morgan fingerprint density at radius 1 is 1.12 bits per heavy atom. The topological polar surface area (TPSA) is 115 Å². The Morgan fingerprint density at radius 2 is 1.86 bits per heavy atom. The molecule has 11 heteroatoms. The van der Waals surface area contributed by atoms with Crippen LogP contribution in [0.2, 0.25) is 0 Å². The van der Waals surface area contributed by atoms with Gasteiger partial charge in [0.05, 0.1) is 19.7 Å². The summed E-state index contributed by atoms with van der Waals surface area (Å²) >= 11 is 0. The molecule has 0 aliphatic heterocycles. The first-order valence-electron chi connectivity index (χ1n) is 13.5. The number of nitrogens with one attached hydrogen (secondary N) is 2. The second-order valence-corrected chi connectivity index (χ2v) is 9.17. The molecule has 0 fully saturated rings. The maximum Gasteiger partial charge on any atom is 0.309 e. The standard InChI is InChI=1S/C28H31F2N5O4.C3H6/c1-4-5-9-20(10-7-6-8-11-25(36)39-3)33-28(38)24-15-23(34-26-22(30)17-32-35(24)26)27(37)31-16-19-12-13-21(29)18(2)14-19;1-3-2/h5-6,8-9,12-15,17,20H,4,7,10-11,16H2,1-3H3,(H,31,37)(H,33,38);3H,1H2,2H3/b8-6+,9-5+;. The average Bonchev–Trinajstić information content (AvgIpc) is 3.35. The Balaban J connectivity index is 0.00000197. The molecule has 0 saturated heterocycles. The van der Waals surface area contributed by atoms with Gasteiger partial charge in [-0.1, -0.05) is 49.4 Å². The van der Waals surface area contributed by atoms with Crippen molar-refractivity contribution in [2.75, 3.05) is 7.11 Å². The highest BCUT2D eigenvalue weighted by atomic mass is 19.1. The van der Waals surface area contributed by atoms with Gasteiger partial charge in [0.2, 0.25) is 0 Å². The molecule has 2 aromatic heterocycles. The maximum absolute atomic E-state index is 14.4. The predicted molar refractivity (Wildman–Crippen MR) is 157 cm³/mol. The molecule has 2 amide bonds. The summed E-state index contributed by atoms with van der Waals surface area (Å²) in [5, 5.41) is 9.46. The zero-order chi connectivity index (χ0) is 31.1. The molecule has 2 heterocycles. The number of methoxy groups -OCH3 is 1. The number of ether oxygens (including phenoxy) is 1. The van der Waals surface area contributed by atoms with Crippen molar-refractivity contribution >= 4 is 23.4 Å². The normalized spacial score (nSPS) is 11.7. The molecule has 42 heavy (non-hydrogen) atoms. The first-order valence-corrected chi connectivity index (χ1v) is 13.5. The third-order valence-electron chi connectivity index (χ3n) is 5.81. The molecule has 224 valence electrons. The molecular weight excluding hydrogens is 544 g/mol. The van der Waals surface area contributed by atoms with Crippen molar-refractivity contribution in [3.05, 3.63) is 102 Å². The highest BCUT2D eigenvalue weighted by molar-refractivity contribution is 5.98. The molecule has 1 unspecified atom stereocenters. The van der Waals surface area contributed by atoms with Crippen LogP contribution in [-0.4, -0.2) is 45.5 Å². The SMILES string of the molecule is C=CC.CC/C=C/C(CC/C=C/CC(=O)OC)NC(=O)c1cc(C(=O)NCc2ccc(F)c(C)c2)nc2c(F)cnn12. The van der Waals surface area contributed by atoms with Crippen LogP contribution >= 0.6 is 0 Å². The van der Waals surface area contributed by atoms with Crippen molar-refractivity contribution in [1.29, 1.82) is 0 Å². The Kier molecular flexibility index (Phi) is 13.7. The van der Waals surface area contributed by atoms with Crippen molar-refractivity contribution in [2.45, 2.75) is 59.0 Å². The summed E-state index contributed by atoms with van der Waals surface area (Å²) in [6, 6.07) is 5.34. The minimum absolute atomic E-state index is 0.0668. The van der Waals surface area contributed by atoms with Crippen LogP contribution in [0, 0.1) is 18.6 Å². The monoisotopic (exact) mass is 581 g/mol.